The minimum Gasteiger partial charge on any atom is -0.477 e. The number of carboxylic acid groups (broad SMARTS) is 1. The molecule has 0 unspecified atom stereocenters. The van der Waals surface area contributed by atoms with Crippen molar-refractivity contribution in [2.24, 2.45) is 4.99 Å². The number of carboxylic acids is 1. The van der Waals surface area contributed by atoms with Crippen molar-refractivity contribution in [2.45, 2.75) is 103 Å². The lowest BCUT2D eigenvalue weighted by Crippen LogP contribution is -2.61. The number of carbonyl (C=O) groups excluding carboxylic acids is 4. The SMILES string of the molecule is CCCNC(=O)O[C@@H]([C@@H]1OC(C(=O)O)=C[C@H](N=C(NC(=O)OC(C)(C)C)NC(=O)OC(C)(C)C)[C@H]1NC(C)=O)[C@H](O)CO. The molecule has 0 fully saturated rings. The number of nitrogens with zero attached hydrogens (tertiary/aromatic N) is 1. The van der Waals surface area contributed by atoms with Crippen LogP contribution < -0.4 is 21.3 Å². The van der Waals surface area contributed by atoms with Gasteiger partial charge in [0.2, 0.25) is 17.6 Å². The van der Waals surface area contributed by atoms with Gasteiger partial charge in [-0.05, 0) is 54.0 Å². The molecule has 0 radical (unpaired) electrons. The average molecular weight is 618 g/mol. The Labute approximate surface area is 249 Å². The third-order valence-corrected chi connectivity index (χ3v) is 5.06. The quantitative estimate of drug-likeness (QED) is 0.106. The number of guanidine groups is 1. The van der Waals surface area contributed by atoms with Crippen molar-refractivity contribution in [1.82, 2.24) is 21.3 Å². The maximum atomic E-state index is 12.6. The molecular weight excluding hydrogens is 574 g/mol. The predicted octanol–water partition coefficient (Wildman–Crippen LogP) is 0.490. The second-order valence-electron chi connectivity index (χ2n) is 11.4. The van der Waals surface area contributed by atoms with E-state index in [9.17, 15) is 39.3 Å². The summed E-state index contributed by atoms with van der Waals surface area (Å²) in [6, 6.07) is -2.83. The van der Waals surface area contributed by atoms with Crippen molar-refractivity contribution in [1.29, 1.82) is 0 Å². The maximum absolute atomic E-state index is 12.6. The fourth-order valence-corrected chi connectivity index (χ4v) is 3.53. The number of hydrogen-bond acceptors (Lipinski definition) is 12. The van der Waals surface area contributed by atoms with E-state index in [1.807, 2.05) is 0 Å². The summed E-state index contributed by atoms with van der Waals surface area (Å²) >= 11 is 0. The molecule has 1 aliphatic rings. The van der Waals surface area contributed by atoms with Crippen molar-refractivity contribution in [2.75, 3.05) is 13.2 Å². The van der Waals surface area contributed by atoms with Gasteiger partial charge in [0.15, 0.2) is 12.2 Å². The van der Waals surface area contributed by atoms with Gasteiger partial charge < -0.3 is 44.9 Å². The Kier molecular flexibility index (Phi) is 13.7. The summed E-state index contributed by atoms with van der Waals surface area (Å²) in [7, 11) is 0. The second kappa shape index (κ2) is 15.9. The molecule has 17 heteroatoms. The Balaban J connectivity index is 3.71. The predicted molar refractivity (Wildman–Crippen MR) is 150 cm³/mol. The molecule has 0 saturated heterocycles. The largest absolute Gasteiger partial charge is 0.477 e. The lowest BCUT2D eigenvalue weighted by Gasteiger charge is -2.40. The molecular formula is C26H43N5O12. The molecule has 0 aromatic rings. The molecule has 244 valence electrons. The average Bonchev–Trinajstić information content (AvgIpc) is 2.83. The highest BCUT2D eigenvalue weighted by Gasteiger charge is 2.46. The third kappa shape index (κ3) is 13.6. The molecule has 0 bridgehead atoms. The fourth-order valence-electron chi connectivity index (χ4n) is 3.53. The summed E-state index contributed by atoms with van der Waals surface area (Å²) < 4.78 is 21.3. The zero-order valence-electron chi connectivity index (χ0n) is 25.5. The minimum absolute atomic E-state index is 0.199. The van der Waals surface area contributed by atoms with Gasteiger partial charge in [-0.3, -0.25) is 15.4 Å². The van der Waals surface area contributed by atoms with E-state index in [4.69, 9.17) is 18.9 Å². The van der Waals surface area contributed by atoms with Crippen molar-refractivity contribution >= 4 is 36.1 Å². The third-order valence-electron chi connectivity index (χ3n) is 5.06. The molecule has 43 heavy (non-hydrogen) atoms. The van der Waals surface area contributed by atoms with Crippen LogP contribution in [0.5, 0.6) is 0 Å². The summed E-state index contributed by atoms with van der Waals surface area (Å²) in [5, 5.41) is 39.4. The number of alkyl carbamates (subject to hydrolysis) is 3. The maximum Gasteiger partial charge on any atom is 0.414 e. The van der Waals surface area contributed by atoms with Crippen LogP contribution in [0.4, 0.5) is 14.4 Å². The van der Waals surface area contributed by atoms with Crippen molar-refractivity contribution in [3.05, 3.63) is 11.8 Å². The highest BCUT2D eigenvalue weighted by Crippen LogP contribution is 2.27. The Hall–Kier alpha value is -4.12. The highest BCUT2D eigenvalue weighted by molar-refractivity contribution is 6.01. The Morgan fingerprint density at radius 3 is 1.95 bits per heavy atom. The van der Waals surface area contributed by atoms with Crippen LogP contribution in [0, 0.1) is 0 Å². The first-order valence-electron chi connectivity index (χ1n) is 13.5. The van der Waals surface area contributed by atoms with Gasteiger partial charge >= 0.3 is 24.2 Å². The molecule has 0 aromatic heterocycles. The summed E-state index contributed by atoms with van der Waals surface area (Å²) in [4.78, 5) is 66.1. The van der Waals surface area contributed by atoms with Gasteiger partial charge in [0.05, 0.1) is 18.7 Å². The van der Waals surface area contributed by atoms with E-state index in [-0.39, 0.29) is 6.54 Å². The molecule has 0 aromatic carbocycles. The number of aliphatic carboxylic acids is 1. The normalized spacial score (nSPS) is 19.7. The minimum atomic E-state index is -1.80. The molecule has 0 aliphatic carbocycles. The molecule has 17 nitrogen and oxygen atoms in total. The highest BCUT2D eigenvalue weighted by atomic mass is 16.6. The first-order valence-corrected chi connectivity index (χ1v) is 13.5. The van der Waals surface area contributed by atoms with Crippen LogP contribution >= 0.6 is 0 Å². The van der Waals surface area contributed by atoms with Crippen LogP contribution in [-0.4, -0.2) is 106 Å². The fraction of sp³-hybridized carbons (Fsp3) is 0.692. The molecule has 7 N–H and O–H groups in total. The smallest absolute Gasteiger partial charge is 0.414 e. The van der Waals surface area contributed by atoms with Crippen LogP contribution in [0.25, 0.3) is 0 Å². The van der Waals surface area contributed by atoms with Gasteiger partial charge in [0, 0.05) is 13.5 Å². The topological polar surface area (TPSA) is 243 Å². The zero-order chi connectivity index (χ0) is 33.1. The summed E-state index contributed by atoms with van der Waals surface area (Å²) in [5.74, 6) is -3.56. The summed E-state index contributed by atoms with van der Waals surface area (Å²) in [5.41, 5.74) is -1.91. The van der Waals surface area contributed by atoms with Gasteiger partial charge in [0.1, 0.15) is 17.3 Å². The Bertz CT molecular complexity index is 1050. The number of aliphatic hydroxyl groups excluding tert-OH is 2. The molecule has 5 atom stereocenters. The van der Waals surface area contributed by atoms with Crippen molar-refractivity contribution in [3.63, 3.8) is 0 Å². The van der Waals surface area contributed by atoms with Crippen LogP contribution in [-0.2, 0) is 28.5 Å². The van der Waals surface area contributed by atoms with Crippen LogP contribution in [0.3, 0.4) is 0 Å². The van der Waals surface area contributed by atoms with Crippen molar-refractivity contribution < 1.29 is 58.2 Å². The number of nitrogens with one attached hydrogen (secondary N) is 4. The first-order chi connectivity index (χ1) is 19.8. The van der Waals surface area contributed by atoms with Crippen LogP contribution in [0.1, 0.15) is 61.8 Å². The van der Waals surface area contributed by atoms with Gasteiger partial charge in [0.25, 0.3) is 0 Å². The molecule has 1 aliphatic heterocycles. The van der Waals surface area contributed by atoms with E-state index >= 15 is 0 Å². The van der Waals surface area contributed by atoms with Crippen molar-refractivity contribution in [3.8, 4) is 0 Å². The van der Waals surface area contributed by atoms with Gasteiger partial charge in [-0.15, -0.1) is 0 Å². The van der Waals surface area contributed by atoms with E-state index in [0.717, 1.165) is 13.0 Å². The standard InChI is InChI=1S/C26H43N5O12/c1-9-10-27-22(37)41-18(15(34)12-32)19-17(28-13(2)33)14(11-16(40-19)20(35)36)29-21(30-23(38)42-25(3,4)5)31-24(39)43-26(6,7)8/h11,14-15,17-19,32,34H,9-10,12H2,1-8H3,(H,27,37)(H,28,33)(H,35,36)(H2,29,30,31,38,39)/t14-,15+,17+,18+,19+/m0/s1. The van der Waals surface area contributed by atoms with Gasteiger partial charge in [-0.1, -0.05) is 6.92 Å². The number of aliphatic hydroxyl groups is 2. The van der Waals surface area contributed by atoms with E-state index in [2.05, 4.69) is 26.3 Å². The van der Waals surface area contributed by atoms with Crippen LogP contribution in [0.15, 0.2) is 16.8 Å². The molecule has 1 rings (SSSR count). The monoisotopic (exact) mass is 617 g/mol. The molecule has 0 saturated carbocycles. The second-order valence-corrected chi connectivity index (χ2v) is 11.4. The van der Waals surface area contributed by atoms with Crippen LogP contribution in [0.2, 0.25) is 0 Å². The number of amides is 4. The Morgan fingerprint density at radius 2 is 1.53 bits per heavy atom. The van der Waals surface area contributed by atoms with E-state index in [1.165, 1.54) is 0 Å². The molecule has 1 heterocycles. The lowest BCUT2D eigenvalue weighted by molar-refractivity contribution is -0.146. The van der Waals surface area contributed by atoms with E-state index in [0.29, 0.717) is 6.42 Å². The zero-order valence-corrected chi connectivity index (χ0v) is 25.5. The number of carbonyl (C=O) groups is 5. The number of ether oxygens (including phenoxy) is 4. The molecule has 4 amide bonds. The summed E-state index contributed by atoms with van der Waals surface area (Å²) in [6.07, 6.45) is -6.79. The number of rotatable bonds is 9. The van der Waals surface area contributed by atoms with E-state index < -0.39 is 90.1 Å². The number of hydrogen-bond donors (Lipinski definition) is 7. The van der Waals surface area contributed by atoms with Gasteiger partial charge in [-0.2, -0.15) is 0 Å². The lowest BCUT2D eigenvalue weighted by atomic mass is 9.92. The van der Waals surface area contributed by atoms with E-state index in [1.54, 1.807) is 48.5 Å². The molecule has 0 spiro atoms. The summed E-state index contributed by atoms with van der Waals surface area (Å²) in [6.45, 7) is 11.7. The Morgan fingerprint density at radius 1 is 1.00 bits per heavy atom. The number of aliphatic imine (C=N–C) groups is 1. The first kappa shape index (κ1) is 36.9. The van der Waals surface area contributed by atoms with Gasteiger partial charge in [-0.25, -0.2) is 24.2 Å².